The number of hydrogen-bond donors (Lipinski definition) is 1. The van der Waals surface area contributed by atoms with Crippen molar-refractivity contribution in [2.45, 2.75) is 38.8 Å². The summed E-state index contributed by atoms with van der Waals surface area (Å²) in [5.41, 5.74) is 1.52. The number of aliphatic hydroxyl groups is 1. The Hall–Kier alpha value is -2.32. The van der Waals surface area contributed by atoms with Gasteiger partial charge in [0.1, 0.15) is 11.4 Å². The predicted molar refractivity (Wildman–Crippen MR) is 94.4 cm³/mol. The molecule has 1 atom stereocenters. The normalized spacial score (nSPS) is 20.3. The first-order valence-corrected chi connectivity index (χ1v) is 8.83. The van der Waals surface area contributed by atoms with Gasteiger partial charge >= 0.3 is 0 Å². The monoisotopic (exact) mass is 359 g/mol. The summed E-state index contributed by atoms with van der Waals surface area (Å²) < 4.78 is 7.56. The second-order valence-electron chi connectivity index (χ2n) is 6.81. The van der Waals surface area contributed by atoms with Crippen LogP contribution in [0.3, 0.4) is 0 Å². The summed E-state index contributed by atoms with van der Waals surface area (Å²) >= 11 is 0. The van der Waals surface area contributed by atoms with Crippen LogP contribution in [-0.2, 0) is 22.5 Å². The van der Waals surface area contributed by atoms with Gasteiger partial charge in [-0.25, -0.2) is 4.68 Å². The van der Waals surface area contributed by atoms with Crippen LogP contribution >= 0.6 is 0 Å². The smallest absolute Gasteiger partial charge is 0.224 e. The van der Waals surface area contributed by atoms with Crippen molar-refractivity contribution < 1.29 is 14.6 Å². The lowest BCUT2D eigenvalue weighted by atomic mass is 9.91. The highest BCUT2D eigenvalue weighted by Crippen LogP contribution is 2.25. The van der Waals surface area contributed by atoms with Crippen LogP contribution in [0.4, 0.5) is 0 Å². The molecule has 0 spiro atoms. The number of nitrogens with zero attached hydrogens (tertiary/aromatic N) is 5. The summed E-state index contributed by atoms with van der Waals surface area (Å²) in [4.78, 5) is 14.4. The first kappa shape index (κ1) is 18.5. The van der Waals surface area contributed by atoms with Gasteiger partial charge in [-0.05, 0) is 35.4 Å². The fraction of sp³-hybridized carbons (Fsp3) is 0.556. The van der Waals surface area contributed by atoms with E-state index in [0.29, 0.717) is 44.9 Å². The summed E-state index contributed by atoms with van der Waals surface area (Å²) in [7, 11) is 0. The third kappa shape index (κ3) is 4.08. The highest BCUT2D eigenvalue weighted by Gasteiger charge is 2.38. The van der Waals surface area contributed by atoms with Crippen molar-refractivity contribution in [1.82, 2.24) is 25.1 Å². The lowest BCUT2D eigenvalue weighted by molar-refractivity contribution is -0.158. The quantitative estimate of drug-likeness (QED) is 0.808. The molecule has 0 radical (unpaired) electrons. The van der Waals surface area contributed by atoms with Crippen molar-refractivity contribution in [2.75, 3.05) is 26.3 Å². The second kappa shape index (κ2) is 7.92. The van der Waals surface area contributed by atoms with E-state index in [1.165, 1.54) is 0 Å². The molecule has 1 aliphatic rings. The number of carbonyl (C=O) groups excluding carboxylic acids is 1. The lowest BCUT2D eigenvalue weighted by Gasteiger charge is -2.42. The number of carbonyl (C=O) groups is 1. The van der Waals surface area contributed by atoms with E-state index >= 15 is 0 Å². The number of aromatic nitrogens is 4. The molecule has 1 amide bonds. The molecule has 2 heterocycles. The molecule has 1 saturated heterocycles. The number of amides is 1. The van der Waals surface area contributed by atoms with E-state index in [1.807, 2.05) is 31.2 Å². The first-order valence-electron chi connectivity index (χ1n) is 8.83. The van der Waals surface area contributed by atoms with Crippen LogP contribution in [-0.4, -0.2) is 68.0 Å². The third-order valence-corrected chi connectivity index (χ3v) is 4.91. The van der Waals surface area contributed by atoms with Gasteiger partial charge in [0.05, 0.1) is 26.3 Å². The average molecular weight is 359 g/mol. The van der Waals surface area contributed by atoms with Gasteiger partial charge < -0.3 is 14.7 Å². The molecule has 26 heavy (non-hydrogen) atoms. The van der Waals surface area contributed by atoms with Crippen LogP contribution in [0.5, 0.6) is 0 Å². The van der Waals surface area contributed by atoms with Crippen molar-refractivity contribution in [3.05, 3.63) is 41.2 Å². The van der Waals surface area contributed by atoms with Crippen molar-refractivity contribution in [1.29, 1.82) is 0 Å². The Morgan fingerprint density at radius 3 is 2.85 bits per heavy atom. The van der Waals surface area contributed by atoms with E-state index in [-0.39, 0.29) is 12.5 Å². The molecule has 0 saturated carbocycles. The highest BCUT2D eigenvalue weighted by molar-refractivity contribution is 5.76. The minimum Gasteiger partial charge on any atom is -0.393 e. The van der Waals surface area contributed by atoms with E-state index in [9.17, 15) is 9.90 Å². The summed E-state index contributed by atoms with van der Waals surface area (Å²) in [6.45, 7) is 5.49. The zero-order valence-corrected chi connectivity index (χ0v) is 15.3. The number of aliphatic hydroxyl groups excluding tert-OH is 1. The van der Waals surface area contributed by atoms with Gasteiger partial charge in [-0.1, -0.05) is 24.3 Å². The van der Waals surface area contributed by atoms with Gasteiger partial charge in [0, 0.05) is 19.4 Å². The number of morpholine rings is 1. The number of hydrogen-bond acceptors (Lipinski definition) is 6. The average Bonchev–Trinajstić information content (AvgIpc) is 3.07. The number of benzene rings is 1. The van der Waals surface area contributed by atoms with E-state index < -0.39 is 5.60 Å². The maximum Gasteiger partial charge on any atom is 0.224 e. The molecule has 0 aliphatic carbocycles. The zero-order chi connectivity index (χ0) is 18.6. The van der Waals surface area contributed by atoms with Gasteiger partial charge in [-0.15, -0.1) is 5.10 Å². The van der Waals surface area contributed by atoms with Crippen molar-refractivity contribution >= 4 is 5.91 Å². The molecule has 0 bridgehead atoms. The Kier molecular flexibility index (Phi) is 5.63. The van der Waals surface area contributed by atoms with Crippen LogP contribution in [0.25, 0.3) is 0 Å². The lowest BCUT2D eigenvalue weighted by Crippen LogP contribution is -2.57. The molecule has 8 heteroatoms. The van der Waals surface area contributed by atoms with Gasteiger partial charge in [0.15, 0.2) is 0 Å². The number of aryl methyl sites for hydroxylation is 3. The molecule has 1 N–H and O–H groups in total. The van der Waals surface area contributed by atoms with Crippen molar-refractivity contribution in [2.24, 2.45) is 0 Å². The van der Waals surface area contributed by atoms with E-state index in [0.717, 1.165) is 11.1 Å². The van der Waals surface area contributed by atoms with Gasteiger partial charge in [0.2, 0.25) is 5.91 Å². The molecule has 1 aromatic carbocycles. The Morgan fingerprint density at radius 1 is 1.35 bits per heavy atom. The van der Waals surface area contributed by atoms with Gasteiger partial charge in [-0.3, -0.25) is 4.79 Å². The van der Waals surface area contributed by atoms with E-state index in [4.69, 9.17) is 4.74 Å². The summed E-state index contributed by atoms with van der Waals surface area (Å²) in [6.07, 6.45) is 0.893. The van der Waals surface area contributed by atoms with Gasteiger partial charge in [0.25, 0.3) is 0 Å². The largest absolute Gasteiger partial charge is 0.393 e. The molecular formula is C18H25N5O3. The molecule has 140 valence electrons. The van der Waals surface area contributed by atoms with Crippen LogP contribution in [0.15, 0.2) is 24.3 Å². The Morgan fingerprint density at radius 2 is 2.15 bits per heavy atom. The Bertz CT molecular complexity index is 763. The molecular weight excluding hydrogens is 334 g/mol. The zero-order valence-electron chi connectivity index (χ0n) is 15.3. The number of rotatable bonds is 6. The molecule has 0 unspecified atom stereocenters. The van der Waals surface area contributed by atoms with E-state index in [1.54, 1.807) is 16.5 Å². The van der Waals surface area contributed by atoms with Crippen LogP contribution in [0, 0.1) is 13.8 Å². The molecule has 1 fully saturated rings. The summed E-state index contributed by atoms with van der Waals surface area (Å²) in [5.74, 6) is 0.704. The predicted octanol–water partition coefficient (Wildman–Crippen LogP) is 0.513. The van der Waals surface area contributed by atoms with Crippen LogP contribution in [0.1, 0.15) is 23.4 Å². The molecule has 8 nitrogen and oxygen atoms in total. The highest BCUT2D eigenvalue weighted by atomic mass is 16.5. The molecule has 3 rings (SSSR count). The summed E-state index contributed by atoms with van der Waals surface area (Å²) in [5, 5.41) is 21.3. The van der Waals surface area contributed by atoms with E-state index in [2.05, 4.69) is 15.5 Å². The number of tetrazole rings is 1. The van der Waals surface area contributed by atoms with Gasteiger partial charge in [-0.2, -0.15) is 0 Å². The van der Waals surface area contributed by atoms with Crippen LogP contribution < -0.4 is 0 Å². The second-order valence-corrected chi connectivity index (χ2v) is 6.81. The SMILES string of the molecule is Cc1ccccc1C[C@@]1(CO)CN(C(=O)CCn2nnnc2C)CCO1. The molecule has 2 aromatic rings. The fourth-order valence-electron chi connectivity index (χ4n) is 3.29. The van der Waals surface area contributed by atoms with Crippen molar-refractivity contribution in [3.63, 3.8) is 0 Å². The first-order chi connectivity index (χ1) is 12.5. The minimum atomic E-state index is -0.759. The Balaban J connectivity index is 1.65. The standard InChI is InChI=1S/C18H25N5O3/c1-14-5-3-4-6-16(14)11-18(13-24)12-22(9-10-26-18)17(25)7-8-23-15(2)19-20-21-23/h3-6,24H,7-13H2,1-2H3/t18-/m0/s1. The molecule has 1 aliphatic heterocycles. The Labute approximate surface area is 152 Å². The van der Waals surface area contributed by atoms with Crippen molar-refractivity contribution in [3.8, 4) is 0 Å². The maximum atomic E-state index is 12.6. The summed E-state index contributed by atoms with van der Waals surface area (Å²) in [6, 6.07) is 8.05. The van der Waals surface area contributed by atoms with Crippen LogP contribution in [0.2, 0.25) is 0 Å². The number of ether oxygens (including phenoxy) is 1. The topological polar surface area (TPSA) is 93.4 Å². The minimum absolute atomic E-state index is 0.0193. The maximum absolute atomic E-state index is 12.6. The fourth-order valence-corrected chi connectivity index (χ4v) is 3.29. The third-order valence-electron chi connectivity index (χ3n) is 4.91. The molecule has 1 aromatic heterocycles.